The summed E-state index contributed by atoms with van der Waals surface area (Å²) < 4.78 is 0. The molecule has 0 aliphatic carbocycles. The van der Waals surface area contributed by atoms with Crippen molar-refractivity contribution in [3.8, 4) is 11.1 Å². The molecule has 2 aromatic carbocycles. The van der Waals surface area contributed by atoms with Crippen molar-refractivity contribution in [3.63, 3.8) is 0 Å². The third kappa shape index (κ3) is 2.82. The van der Waals surface area contributed by atoms with Crippen LogP contribution in [0.25, 0.3) is 11.1 Å². The van der Waals surface area contributed by atoms with Crippen molar-refractivity contribution in [1.82, 2.24) is 0 Å². The highest BCUT2D eigenvalue weighted by Crippen LogP contribution is 2.38. The Morgan fingerprint density at radius 1 is 0.947 bits per heavy atom. The highest BCUT2D eigenvalue weighted by molar-refractivity contribution is 6.48. The molecule has 0 spiro atoms. The fraction of sp³-hybridized carbons (Fsp3) is 0. The minimum atomic E-state index is -1.10. The Morgan fingerprint density at radius 3 is 2.05 bits per heavy atom. The lowest BCUT2D eigenvalue weighted by molar-refractivity contribution is 0.0697. The molecular formula is C13H6Cl4O2. The molecule has 0 aromatic heterocycles. The van der Waals surface area contributed by atoms with E-state index in [4.69, 9.17) is 51.5 Å². The van der Waals surface area contributed by atoms with Crippen molar-refractivity contribution in [2.75, 3.05) is 0 Å². The lowest BCUT2D eigenvalue weighted by Gasteiger charge is -2.09. The zero-order valence-electron chi connectivity index (χ0n) is 9.25. The maximum atomic E-state index is 11.0. The van der Waals surface area contributed by atoms with Gasteiger partial charge in [-0.25, -0.2) is 4.79 Å². The third-order valence-corrected chi connectivity index (χ3v) is 4.13. The summed E-state index contributed by atoms with van der Waals surface area (Å²) in [4.78, 5) is 11.0. The molecule has 98 valence electrons. The van der Waals surface area contributed by atoms with Crippen LogP contribution in [-0.2, 0) is 0 Å². The van der Waals surface area contributed by atoms with Gasteiger partial charge in [-0.2, -0.15) is 0 Å². The number of carboxylic acids is 1. The van der Waals surface area contributed by atoms with Crippen molar-refractivity contribution in [2.45, 2.75) is 0 Å². The number of hydrogen-bond donors (Lipinski definition) is 1. The Labute approximate surface area is 129 Å². The SMILES string of the molecule is O=C(O)c1cccc(-c2cc(Cl)c(Cl)c(Cl)c2)c1Cl. The number of halogens is 4. The van der Waals surface area contributed by atoms with Crippen molar-refractivity contribution in [2.24, 2.45) is 0 Å². The highest BCUT2D eigenvalue weighted by Gasteiger charge is 2.15. The van der Waals surface area contributed by atoms with Gasteiger partial charge in [0.1, 0.15) is 0 Å². The summed E-state index contributed by atoms with van der Waals surface area (Å²) in [6.45, 7) is 0. The lowest BCUT2D eigenvalue weighted by atomic mass is 10.0. The normalized spacial score (nSPS) is 10.5. The van der Waals surface area contributed by atoms with Crippen molar-refractivity contribution in [1.29, 1.82) is 0 Å². The lowest BCUT2D eigenvalue weighted by Crippen LogP contribution is -1.98. The molecule has 2 nitrogen and oxygen atoms in total. The van der Waals surface area contributed by atoms with E-state index in [0.717, 1.165) is 0 Å². The molecular weight excluding hydrogens is 330 g/mol. The van der Waals surface area contributed by atoms with E-state index in [9.17, 15) is 4.79 Å². The topological polar surface area (TPSA) is 37.3 Å². The van der Waals surface area contributed by atoms with E-state index in [1.807, 2.05) is 0 Å². The van der Waals surface area contributed by atoms with Gasteiger partial charge in [0.25, 0.3) is 0 Å². The summed E-state index contributed by atoms with van der Waals surface area (Å²) in [5.41, 5.74) is 1.15. The monoisotopic (exact) mass is 334 g/mol. The van der Waals surface area contributed by atoms with Gasteiger partial charge in [-0.3, -0.25) is 0 Å². The van der Waals surface area contributed by atoms with E-state index in [0.29, 0.717) is 11.1 Å². The van der Waals surface area contributed by atoms with Crippen LogP contribution in [0.3, 0.4) is 0 Å². The molecule has 0 aliphatic rings. The smallest absolute Gasteiger partial charge is 0.337 e. The Kier molecular flexibility index (Phi) is 4.26. The van der Waals surface area contributed by atoms with Gasteiger partial charge in [-0.15, -0.1) is 0 Å². The quantitative estimate of drug-likeness (QED) is 0.718. The number of carbonyl (C=O) groups is 1. The molecule has 0 amide bonds. The summed E-state index contributed by atoms with van der Waals surface area (Å²) >= 11 is 23.8. The summed E-state index contributed by atoms with van der Waals surface area (Å²) in [6.07, 6.45) is 0. The number of aromatic carboxylic acids is 1. The molecule has 0 aliphatic heterocycles. The predicted octanol–water partition coefficient (Wildman–Crippen LogP) is 5.67. The summed E-state index contributed by atoms with van der Waals surface area (Å²) in [7, 11) is 0. The maximum absolute atomic E-state index is 11.0. The second-order valence-electron chi connectivity index (χ2n) is 3.73. The van der Waals surface area contributed by atoms with Crippen LogP contribution in [0.1, 0.15) is 10.4 Å². The van der Waals surface area contributed by atoms with Gasteiger partial charge in [-0.05, 0) is 23.8 Å². The van der Waals surface area contributed by atoms with Crippen LogP contribution >= 0.6 is 46.4 Å². The van der Waals surface area contributed by atoms with E-state index in [1.165, 1.54) is 6.07 Å². The number of benzene rings is 2. The molecule has 1 N–H and O–H groups in total. The van der Waals surface area contributed by atoms with Gasteiger partial charge in [0.05, 0.1) is 25.7 Å². The van der Waals surface area contributed by atoms with Gasteiger partial charge >= 0.3 is 5.97 Å². The van der Waals surface area contributed by atoms with Crippen LogP contribution in [0.5, 0.6) is 0 Å². The van der Waals surface area contributed by atoms with Crippen LogP contribution in [-0.4, -0.2) is 11.1 Å². The average molecular weight is 336 g/mol. The van der Waals surface area contributed by atoms with Crippen LogP contribution in [0.2, 0.25) is 20.1 Å². The first kappa shape index (κ1) is 14.5. The van der Waals surface area contributed by atoms with Crippen LogP contribution in [0.4, 0.5) is 0 Å². The van der Waals surface area contributed by atoms with Gasteiger partial charge in [0.2, 0.25) is 0 Å². The van der Waals surface area contributed by atoms with Crippen LogP contribution < -0.4 is 0 Å². The summed E-state index contributed by atoms with van der Waals surface area (Å²) in [6, 6.07) is 7.88. The molecule has 2 rings (SSSR count). The maximum Gasteiger partial charge on any atom is 0.337 e. The van der Waals surface area contributed by atoms with Crippen LogP contribution in [0.15, 0.2) is 30.3 Å². The second-order valence-corrected chi connectivity index (χ2v) is 5.30. The van der Waals surface area contributed by atoms with Crippen LogP contribution in [0, 0.1) is 0 Å². The zero-order valence-corrected chi connectivity index (χ0v) is 12.3. The van der Waals surface area contributed by atoms with Gasteiger partial charge < -0.3 is 5.11 Å². The average Bonchev–Trinajstić information content (AvgIpc) is 2.35. The Bertz CT molecular complexity index is 645. The summed E-state index contributed by atoms with van der Waals surface area (Å²) in [5, 5.41) is 9.97. The first-order valence-electron chi connectivity index (χ1n) is 5.08. The predicted molar refractivity (Wildman–Crippen MR) is 78.9 cm³/mol. The molecule has 19 heavy (non-hydrogen) atoms. The molecule has 0 bridgehead atoms. The molecule has 0 saturated carbocycles. The first-order chi connectivity index (χ1) is 8.91. The van der Waals surface area contributed by atoms with E-state index in [1.54, 1.807) is 24.3 Å². The molecule has 0 unspecified atom stereocenters. The molecule has 0 heterocycles. The second kappa shape index (κ2) is 5.59. The van der Waals surface area contributed by atoms with Crippen molar-refractivity contribution >= 4 is 52.4 Å². The number of carboxylic acid groups (broad SMARTS) is 1. The highest BCUT2D eigenvalue weighted by atomic mass is 35.5. The molecule has 0 fully saturated rings. The van der Waals surface area contributed by atoms with E-state index < -0.39 is 5.97 Å². The van der Waals surface area contributed by atoms with E-state index >= 15 is 0 Å². The molecule has 2 aromatic rings. The van der Waals surface area contributed by atoms with Crippen molar-refractivity contribution in [3.05, 3.63) is 56.0 Å². The molecule has 0 radical (unpaired) electrons. The standard InChI is InChI=1S/C13H6Cl4O2/c14-9-4-6(5-10(15)12(9)17)7-2-1-3-8(11(7)16)13(18)19/h1-5H,(H,18,19). The molecule has 0 atom stereocenters. The fourth-order valence-corrected chi connectivity index (χ4v) is 2.54. The fourth-order valence-electron chi connectivity index (χ4n) is 1.63. The minimum absolute atomic E-state index is 0.0151. The van der Waals surface area contributed by atoms with Gasteiger partial charge in [-0.1, -0.05) is 58.5 Å². The summed E-state index contributed by atoms with van der Waals surface area (Å²) in [5.74, 6) is -1.10. The Hall–Kier alpha value is -0.930. The Balaban J connectivity index is 2.66. The van der Waals surface area contributed by atoms with Gasteiger partial charge in [0.15, 0.2) is 0 Å². The zero-order chi connectivity index (χ0) is 14.2. The van der Waals surface area contributed by atoms with Gasteiger partial charge in [0, 0.05) is 5.56 Å². The minimum Gasteiger partial charge on any atom is -0.478 e. The number of rotatable bonds is 2. The van der Waals surface area contributed by atoms with E-state index in [2.05, 4.69) is 0 Å². The number of hydrogen-bond acceptors (Lipinski definition) is 1. The first-order valence-corrected chi connectivity index (χ1v) is 6.59. The Morgan fingerprint density at radius 2 is 1.53 bits per heavy atom. The van der Waals surface area contributed by atoms with E-state index in [-0.39, 0.29) is 25.7 Å². The molecule has 0 saturated heterocycles. The molecule has 6 heteroatoms. The third-order valence-electron chi connectivity index (χ3n) is 2.52. The largest absolute Gasteiger partial charge is 0.478 e. The van der Waals surface area contributed by atoms with Crippen molar-refractivity contribution < 1.29 is 9.90 Å².